The molecular formula is C11H17ClF2O4. The molecule has 0 aromatic heterocycles. The lowest BCUT2D eigenvalue weighted by atomic mass is 10.0. The Morgan fingerprint density at radius 1 is 1.17 bits per heavy atom. The first-order valence-electron chi connectivity index (χ1n) is 5.71. The SMILES string of the molecule is CCOC(=O)C(CCCC(F)(F)Cl)C(=O)OCC. The van der Waals surface area contributed by atoms with Crippen LogP contribution >= 0.6 is 11.6 Å². The monoisotopic (exact) mass is 286 g/mol. The zero-order chi connectivity index (χ0) is 14.2. The van der Waals surface area contributed by atoms with Crippen LogP contribution < -0.4 is 0 Å². The van der Waals surface area contributed by atoms with Gasteiger partial charge in [-0.1, -0.05) is 0 Å². The lowest BCUT2D eigenvalue weighted by molar-refractivity contribution is -0.162. The van der Waals surface area contributed by atoms with Gasteiger partial charge < -0.3 is 9.47 Å². The molecule has 0 fully saturated rings. The third-order valence-corrected chi connectivity index (χ3v) is 2.28. The van der Waals surface area contributed by atoms with Crippen LogP contribution in [-0.4, -0.2) is 30.5 Å². The van der Waals surface area contributed by atoms with Gasteiger partial charge in [0.25, 0.3) is 0 Å². The number of hydrogen-bond acceptors (Lipinski definition) is 4. The van der Waals surface area contributed by atoms with Gasteiger partial charge in [0.05, 0.1) is 13.2 Å². The molecule has 0 spiro atoms. The number of carbonyl (C=O) groups excluding carboxylic acids is 2. The fourth-order valence-electron chi connectivity index (χ4n) is 1.32. The molecule has 0 bridgehead atoms. The molecule has 106 valence electrons. The second-order valence-electron chi connectivity index (χ2n) is 3.56. The summed E-state index contributed by atoms with van der Waals surface area (Å²) in [4.78, 5) is 22.9. The van der Waals surface area contributed by atoms with Crippen LogP contribution in [0.3, 0.4) is 0 Å². The zero-order valence-corrected chi connectivity index (χ0v) is 11.1. The predicted octanol–water partition coefficient (Wildman–Crippen LogP) is 2.73. The summed E-state index contributed by atoms with van der Waals surface area (Å²) in [6.45, 7) is 3.40. The minimum Gasteiger partial charge on any atom is -0.465 e. The smallest absolute Gasteiger partial charge is 0.321 e. The van der Waals surface area contributed by atoms with Crippen molar-refractivity contribution in [1.29, 1.82) is 0 Å². The molecule has 0 amide bonds. The molecule has 0 saturated carbocycles. The highest BCUT2D eigenvalue weighted by molar-refractivity contribution is 6.21. The van der Waals surface area contributed by atoms with Crippen LogP contribution in [0.1, 0.15) is 33.1 Å². The molecular weight excluding hydrogens is 270 g/mol. The van der Waals surface area contributed by atoms with Crippen molar-refractivity contribution in [2.24, 2.45) is 5.92 Å². The summed E-state index contributed by atoms with van der Waals surface area (Å²) in [7, 11) is 0. The Kier molecular flexibility index (Phi) is 7.82. The van der Waals surface area contributed by atoms with Gasteiger partial charge >= 0.3 is 17.3 Å². The van der Waals surface area contributed by atoms with Crippen molar-refractivity contribution in [3.63, 3.8) is 0 Å². The molecule has 0 heterocycles. The van der Waals surface area contributed by atoms with E-state index in [1.165, 1.54) is 0 Å². The third-order valence-electron chi connectivity index (χ3n) is 2.10. The highest BCUT2D eigenvalue weighted by atomic mass is 35.5. The van der Waals surface area contributed by atoms with E-state index in [-0.39, 0.29) is 26.1 Å². The summed E-state index contributed by atoms with van der Waals surface area (Å²) in [6.07, 6.45) is -0.747. The average molecular weight is 287 g/mol. The van der Waals surface area contributed by atoms with Crippen molar-refractivity contribution in [2.75, 3.05) is 13.2 Å². The molecule has 0 aliphatic rings. The highest BCUT2D eigenvalue weighted by Crippen LogP contribution is 2.27. The number of ether oxygens (including phenoxy) is 2. The quantitative estimate of drug-likeness (QED) is 0.391. The summed E-state index contributed by atoms with van der Waals surface area (Å²) >= 11 is 4.73. The molecule has 0 atom stereocenters. The zero-order valence-electron chi connectivity index (χ0n) is 10.4. The molecule has 18 heavy (non-hydrogen) atoms. The van der Waals surface area contributed by atoms with Gasteiger partial charge in [0, 0.05) is 6.42 Å². The molecule has 0 aromatic rings. The fourth-order valence-corrected chi connectivity index (χ4v) is 1.46. The largest absolute Gasteiger partial charge is 0.465 e. The van der Waals surface area contributed by atoms with E-state index in [0.29, 0.717) is 0 Å². The van der Waals surface area contributed by atoms with Crippen LogP contribution in [0.25, 0.3) is 0 Å². The molecule has 0 saturated heterocycles. The van der Waals surface area contributed by atoms with E-state index in [4.69, 9.17) is 21.1 Å². The fraction of sp³-hybridized carbons (Fsp3) is 0.818. The summed E-state index contributed by atoms with van der Waals surface area (Å²) in [5.74, 6) is -2.67. The van der Waals surface area contributed by atoms with Gasteiger partial charge in [0.1, 0.15) is 0 Å². The Morgan fingerprint density at radius 3 is 1.94 bits per heavy atom. The summed E-state index contributed by atoms with van der Waals surface area (Å²) in [5.41, 5.74) is 0. The molecule has 0 unspecified atom stereocenters. The molecule has 0 aromatic carbocycles. The lowest BCUT2D eigenvalue weighted by Gasteiger charge is -2.15. The van der Waals surface area contributed by atoms with Gasteiger partial charge in [0.2, 0.25) is 0 Å². The predicted molar refractivity (Wildman–Crippen MR) is 61.4 cm³/mol. The summed E-state index contributed by atoms with van der Waals surface area (Å²) in [5, 5.41) is -3.33. The highest BCUT2D eigenvalue weighted by Gasteiger charge is 2.31. The van der Waals surface area contributed by atoms with Crippen molar-refractivity contribution >= 4 is 23.5 Å². The van der Waals surface area contributed by atoms with E-state index < -0.39 is 29.7 Å². The molecule has 0 N–H and O–H groups in total. The number of halogens is 3. The molecule has 0 rings (SSSR count). The van der Waals surface area contributed by atoms with E-state index in [1.54, 1.807) is 13.8 Å². The van der Waals surface area contributed by atoms with E-state index in [1.807, 2.05) is 0 Å². The Morgan fingerprint density at radius 2 is 1.61 bits per heavy atom. The lowest BCUT2D eigenvalue weighted by Crippen LogP contribution is -2.28. The van der Waals surface area contributed by atoms with Gasteiger partial charge in [-0.05, 0) is 38.3 Å². The van der Waals surface area contributed by atoms with Crippen molar-refractivity contribution in [1.82, 2.24) is 0 Å². The standard InChI is InChI=1S/C11H17ClF2O4/c1-3-17-9(15)8(10(16)18-4-2)6-5-7-11(12,13)14/h8H,3-7H2,1-2H3. The second-order valence-corrected chi connectivity index (χ2v) is 4.12. The molecule has 7 heteroatoms. The minimum atomic E-state index is -3.33. The normalized spacial score (nSPS) is 11.4. The van der Waals surface area contributed by atoms with Crippen molar-refractivity contribution in [3.8, 4) is 0 Å². The first kappa shape index (κ1) is 17.1. The Balaban J connectivity index is 4.38. The maximum absolute atomic E-state index is 12.4. The maximum Gasteiger partial charge on any atom is 0.321 e. The first-order valence-corrected chi connectivity index (χ1v) is 6.09. The van der Waals surface area contributed by atoms with Crippen LogP contribution in [0.5, 0.6) is 0 Å². The summed E-state index contributed by atoms with van der Waals surface area (Å²) in [6, 6.07) is 0. The Bertz CT molecular complexity index is 261. The van der Waals surface area contributed by atoms with Crippen molar-refractivity contribution in [3.05, 3.63) is 0 Å². The first-order chi connectivity index (χ1) is 8.31. The van der Waals surface area contributed by atoms with E-state index in [2.05, 4.69) is 0 Å². The van der Waals surface area contributed by atoms with Crippen LogP contribution in [0.15, 0.2) is 0 Å². The molecule has 0 aliphatic carbocycles. The van der Waals surface area contributed by atoms with Crippen LogP contribution in [0.4, 0.5) is 8.78 Å². The number of carbonyl (C=O) groups is 2. The third kappa shape index (κ3) is 7.42. The van der Waals surface area contributed by atoms with Gasteiger partial charge in [-0.15, -0.1) is 0 Å². The summed E-state index contributed by atoms with van der Waals surface area (Å²) < 4.78 is 34.2. The van der Waals surface area contributed by atoms with Crippen molar-refractivity contribution in [2.45, 2.75) is 38.5 Å². The Labute approximate surface area is 110 Å². The van der Waals surface area contributed by atoms with E-state index in [9.17, 15) is 18.4 Å². The number of rotatable bonds is 8. The second kappa shape index (κ2) is 8.24. The van der Waals surface area contributed by atoms with E-state index >= 15 is 0 Å². The van der Waals surface area contributed by atoms with Crippen LogP contribution in [0, 0.1) is 5.92 Å². The Hall–Kier alpha value is -0.910. The number of hydrogen-bond donors (Lipinski definition) is 0. The van der Waals surface area contributed by atoms with Gasteiger partial charge in [-0.25, -0.2) is 0 Å². The number of esters is 2. The topological polar surface area (TPSA) is 52.6 Å². The molecule has 4 nitrogen and oxygen atoms in total. The van der Waals surface area contributed by atoms with Crippen molar-refractivity contribution < 1.29 is 27.8 Å². The van der Waals surface area contributed by atoms with Gasteiger partial charge in [-0.2, -0.15) is 8.78 Å². The minimum absolute atomic E-state index is 0.0695. The molecule has 0 radical (unpaired) electrons. The number of alkyl halides is 3. The van der Waals surface area contributed by atoms with E-state index in [0.717, 1.165) is 0 Å². The van der Waals surface area contributed by atoms with Gasteiger partial charge in [-0.3, -0.25) is 9.59 Å². The average Bonchev–Trinajstić information content (AvgIpc) is 2.23. The van der Waals surface area contributed by atoms with Gasteiger partial charge in [0.15, 0.2) is 5.92 Å². The van der Waals surface area contributed by atoms with Crippen LogP contribution in [0.2, 0.25) is 0 Å². The maximum atomic E-state index is 12.4. The van der Waals surface area contributed by atoms with Crippen LogP contribution in [-0.2, 0) is 19.1 Å². The molecule has 0 aliphatic heterocycles.